The van der Waals surface area contributed by atoms with Crippen molar-refractivity contribution in [1.82, 2.24) is 10.2 Å². The average molecular weight is 276 g/mol. The van der Waals surface area contributed by atoms with Gasteiger partial charge in [0.2, 0.25) is 0 Å². The van der Waals surface area contributed by atoms with E-state index in [4.69, 9.17) is 4.74 Å². The van der Waals surface area contributed by atoms with Gasteiger partial charge < -0.3 is 10.1 Å². The van der Waals surface area contributed by atoms with Gasteiger partial charge >= 0.3 is 6.09 Å². The maximum Gasteiger partial charge on any atom is 0.407 e. The van der Waals surface area contributed by atoms with Gasteiger partial charge in [0, 0.05) is 25.7 Å². The number of hydrogen-bond donors (Lipinski definition) is 1. The van der Waals surface area contributed by atoms with Gasteiger partial charge in [-0.15, -0.1) is 0 Å². The van der Waals surface area contributed by atoms with Crippen molar-refractivity contribution in [1.29, 1.82) is 0 Å². The molecule has 1 aliphatic rings. The van der Waals surface area contributed by atoms with Gasteiger partial charge in [-0.2, -0.15) is 0 Å². The molecule has 1 aromatic carbocycles. The summed E-state index contributed by atoms with van der Waals surface area (Å²) in [7, 11) is 0. The molecule has 1 fully saturated rings. The number of nitrogens with zero attached hydrogens (tertiary/aromatic N) is 1. The van der Waals surface area contributed by atoms with Crippen molar-refractivity contribution >= 4 is 6.09 Å². The van der Waals surface area contributed by atoms with Crippen LogP contribution >= 0.6 is 0 Å². The van der Waals surface area contributed by atoms with Gasteiger partial charge in [-0.05, 0) is 32.8 Å². The third-order valence-electron chi connectivity index (χ3n) is 3.24. The second kappa shape index (κ2) is 6.27. The molecule has 0 spiro atoms. The second-order valence-corrected chi connectivity index (χ2v) is 6.35. The Morgan fingerprint density at radius 3 is 2.70 bits per heavy atom. The molecule has 0 aliphatic carbocycles. The van der Waals surface area contributed by atoms with E-state index in [1.165, 1.54) is 5.56 Å². The molecule has 20 heavy (non-hydrogen) atoms. The maximum absolute atomic E-state index is 11.7. The highest BCUT2D eigenvalue weighted by Crippen LogP contribution is 2.14. The fraction of sp³-hybridized carbons (Fsp3) is 0.562. The van der Waals surface area contributed by atoms with Gasteiger partial charge in [0.05, 0.1) is 0 Å². The molecule has 0 aromatic heterocycles. The summed E-state index contributed by atoms with van der Waals surface area (Å²) in [6, 6.07) is 10.6. The Labute approximate surface area is 121 Å². The van der Waals surface area contributed by atoms with Crippen molar-refractivity contribution in [3.05, 3.63) is 35.9 Å². The molecule has 1 atom stereocenters. The summed E-state index contributed by atoms with van der Waals surface area (Å²) in [5.41, 5.74) is 0.872. The van der Waals surface area contributed by atoms with Crippen LogP contribution < -0.4 is 5.32 Å². The zero-order valence-electron chi connectivity index (χ0n) is 12.6. The van der Waals surface area contributed by atoms with Crippen LogP contribution in [0, 0.1) is 0 Å². The molecule has 4 heteroatoms. The molecule has 0 unspecified atom stereocenters. The number of likely N-dealkylation sites (tertiary alicyclic amines) is 1. The maximum atomic E-state index is 11.7. The van der Waals surface area contributed by atoms with E-state index in [0.717, 1.165) is 26.1 Å². The topological polar surface area (TPSA) is 41.6 Å². The summed E-state index contributed by atoms with van der Waals surface area (Å²) in [5, 5.41) is 2.95. The number of nitrogens with one attached hydrogen (secondary N) is 1. The molecule has 1 amide bonds. The monoisotopic (exact) mass is 276 g/mol. The highest BCUT2D eigenvalue weighted by Gasteiger charge is 2.25. The van der Waals surface area contributed by atoms with E-state index < -0.39 is 5.60 Å². The number of carbonyl (C=O) groups is 1. The van der Waals surface area contributed by atoms with E-state index in [1.54, 1.807) is 0 Å². The van der Waals surface area contributed by atoms with E-state index in [-0.39, 0.29) is 12.1 Å². The number of alkyl carbamates (subject to hydrolysis) is 1. The van der Waals surface area contributed by atoms with Crippen LogP contribution in [0.5, 0.6) is 0 Å². The van der Waals surface area contributed by atoms with Gasteiger partial charge in [0.15, 0.2) is 0 Å². The van der Waals surface area contributed by atoms with Crippen molar-refractivity contribution in [2.75, 3.05) is 13.1 Å². The van der Waals surface area contributed by atoms with E-state index in [2.05, 4.69) is 34.5 Å². The number of benzene rings is 1. The minimum absolute atomic E-state index is 0.188. The Bertz CT molecular complexity index is 440. The van der Waals surface area contributed by atoms with Crippen LogP contribution in [0.25, 0.3) is 0 Å². The van der Waals surface area contributed by atoms with Gasteiger partial charge in [-0.3, -0.25) is 4.90 Å². The third-order valence-corrected chi connectivity index (χ3v) is 3.24. The Morgan fingerprint density at radius 1 is 1.35 bits per heavy atom. The molecule has 1 aliphatic heterocycles. The first-order valence-corrected chi connectivity index (χ1v) is 7.18. The Kier molecular flexibility index (Phi) is 4.65. The van der Waals surface area contributed by atoms with E-state index >= 15 is 0 Å². The zero-order valence-corrected chi connectivity index (χ0v) is 12.6. The number of ether oxygens (including phenoxy) is 1. The first kappa shape index (κ1) is 14.9. The fourth-order valence-electron chi connectivity index (χ4n) is 2.41. The lowest BCUT2D eigenvalue weighted by molar-refractivity contribution is 0.0506. The molecule has 0 saturated carbocycles. The van der Waals surface area contributed by atoms with Gasteiger partial charge in [-0.25, -0.2) is 4.79 Å². The number of amides is 1. The Hall–Kier alpha value is -1.55. The van der Waals surface area contributed by atoms with E-state index in [0.29, 0.717) is 0 Å². The summed E-state index contributed by atoms with van der Waals surface area (Å²) in [5.74, 6) is 0. The van der Waals surface area contributed by atoms with Crippen LogP contribution in [-0.4, -0.2) is 35.7 Å². The van der Waals surface area contributed by atoms with Crippen molar-refractivity contribution in [3.63, 3.8) is 0 Å². The smallest absolute Gasteiger partial charge is 0.407 e. The predicted molar refractivity (Wildman–Crippen MR) is 79.5 cm³/mol. The van der Waals surface area contributed by atoms with Crippen molar-refractivity contribution in [2.45, 2.75) is 45.4 Å². The van der Waals surface area contributed by atoms with Gasteiger partial charge in [-0.1, -0.05) is 30.3 Å². The summed E-state index contributed by atoms with van der Waals surface area (Å²) < 4.78 is 5.28. The lowest BCUT2D eigenvalue weighted by Gasteiger charge is -2.22. The van der Waals surface area contributed by atoms with Crippen LogP contribution in [0.4, 0.5) is 4.79 Å². The van der Waals surface area contributed by atoms with Crippen LogP contribution in [0.15, 0.2) is 30.3 Å². The third kappa shape index (κ3) is 4.85. The fourth-order valence-corrected chi connectivity index (χ4v) is 2.41. The number of hydrogen-bond acceptors (Lipinski definition) is 3. The van der Waals surface area contributed by atoms with E-state index in [9.17, 15) is 4.79 Å². The van der Waals surface area contributed by atoms with Gasteiger partial charge in [0.25, 0.3) is 0 Å². The molecular weight excluding hydrogens is 252 g/mol. The summed E-state index contributed by atoms with van der Waals surface area (Å²) in [6.07, 6.45) is 0.663. The first-order valence-electron chi connectivity index (χ1n) is 7.18. The van der Waals surface area contributed by atoms with Crippen LogP contribution in [0.3, 0.4) is 0 Å². The molecule has 1 N–H and O–H groups in total. The molecule has 1 aromatic rings. The highest BCUT2D eigenvalue weighted by atomic mass is 16.6. The molecule has 0 radical (unpaired) electrons. The lowest BCUT2D eigenvalue weighted by Crippen LogP contribution is -2.40. The van der Waals surface area contributed by atoms with Crippen molar-refractivity contribution in [2.24, 2.45) is 0 Å². The van der Waals surface area contributed by atoms with Crippen molar-refractivity contribution < 1.29 is 9.53 Å². The Morgan fingerprint density at radius 2 is 2.05 bits per heavy atom. The van der Waals surface area contributed by atoms with Gasteiger partial charge in [0.1, 0.15) is 5.60 Å². The number of carbonyl (C=O) groups excluding carboxylic acids is 1. The standard InChI is InChI=1S/C16H24N2O2/c1-16(2,3)20-15(19)17-14-9-10-18(12-14)11-13-7-5-4-6-8-13/h4-8,14H,9-12H2,1-3H3,(H,17,19)/t14-/m1/s1. The molecular formula is C16H24N2O2. The molecule has 4 nitrogen and oxygen atoms in total. The molecule has 2 rings (SSSR count). The van der Waals surface area contributed by atoms with Crippen molar-refractivity contribution in [3.8, 4) is 0 Å². The average Bonchev–Trinajstić information content (AvgIpc) is 2.75. The quantitative estimate of drug-likeness (QED) is 0.923. The van der Waals surface area contributed by atoms with E-state index in [1.807, 2.05) is 26.8 Å². The first-order chi connectivity index (χ1) is 9.42. The molecule has 110 valence electrons. The second-order valence-electron chi connectivity index (χ2n) is 6.35. The van der Waals surface area contributed by atoms with Crippen LogP contribution in [-0.2, 0) is 11.3 Å². The predicted octanol–water partition coefficient (Wildman–Crippen LogP) is 2.79. The molecule has 0 bridgehead atoms. The van der Waals surface area contributed by atoms with Crippen LogP contribution in [0.2, 0.25) is 0 Å². The minimum atomic E-state index is -0.438. The minimum Gasteiger partial charge on any atom is -0.444 e. The largest absolute Gasteiger partial charge is 0.444 e. The zero-order chi connectivity index (χ0) is 14.6. The molecule has 1 saturated heterocycles. The highest BCUT2D eigenvalue weighted by molar-refractivity contribution is 5.68. The SMILES string of the molecule is CC(C)(C)OC(=O)N[C@@H]1CCN(Cc2ccccc2)C1. The summed E-state index contributed by atoms with van der Waals surface area (Å²) in [6.45, 7) is 8.46. The lowest BCUT2D eigenvalue weighted by atomic mass is 10.2. The normalized spacial score (nSPS) is 19.9. The Balaban J connectivity index is 1.77. The molecule has 1 heterocycles. The summed E-state index contributed by atoms with van der Waals surface area (Å²) >= 11 is 0. The van der Waals surface area contributed by atoms with Crippen LogP contribution in [0.1, 0.15) is 32.8 Å². The summed E-state index contributed by atoms with van der Waals surface area (Å²) in [4.78, 5) is 14.1. The number of rotatable bonds is 3.